The maximum Gasteiger partial charge on any atom is 0.227 e. The first-order valence-electron chi connectivity index (χ1n) is 8.50. The van der Waals surface area contributed by atoms with Gasteiger partial charge in [0.15, 0.2) is 0 Å². The summed E-state index contributed by atoms with van der Waals surface area (Å²) < 4.78 is 0. The van der Waals surface area contributed by atoms with Gasteiger partial charge in [-0.3, -0.25) is 14.7 Å². The Morgan fingerprint density at radius 3 is 2.78 bits per heavy atom. The van der Waals surface area contributed by atoms with Gasteiger partial charge in [-0.05, 0) is 24.6 Å². The van der Waals surface area contributed by atoms with Crippen LogP contribution in [0.4, 0.5) is 0 Å². The molecule has 1 atom stereocenters. The van der Waals surface area contributed by atoms with Gasteiger partial charge in [0.2, 0.25) is 5.91 Å². The van der Waals surface area contributed by atoms with Crippen LogP contribution in [0.3, 0.4) is 0 Å². The topological polar surface area (TPSA) is 39.7 Å². The van der Waals surface area contributed by atoms with Crippen molar-refractivity contribution in [2.24, 2.45) is 0 Å². The summed E-state index contributed by atoms with van der Waals surface area (Å²) in [6.45, 7) is 9.61. The molecule has 0 spiro atoms. The van der Waals surface area contributed by atoms with E-state index >= 15 is 0 Å². The number of amides is 1. The number of rotatable bonds is 4. The SMILES string of the molecule is CCN1CCN(C2CCN(C(=O)Cc3ccncc3Cl)C2)CC1. The predicted octanol–water partition coefficient (Wildman–Crippen LogP) is 1.52. The van der Waals surface area contributed by atoms with Gasteiger partial charge in [0, 0.05) is 57.7 Å². The lowest BCUT2D eigenvalue weighted by molar-refractivity contribution is -0.129. The van der Waals surface area contributed by atoms with Gasteiger partial charge in [-0.15, -0.1) is 0 Å². The fraction of sp³-hybridized carbons (Fsp3) is 0.647. The zero-order valence-electron chi connectivity index (χ0n) is 13.7. The van der Waals surface area contributed by atoms with Crippen LogP contribution >= 0.6 is 11.6 Å². The van der Waals surface area contributed by atoms with Gasteiger partial charge in [-0.1, -0.05) is 18.5 Å². The average molecular weight is 337 g/mol. The average Bonchev–Trinajstić information content (AvgIpc) is 3.07. The number of piperazine rings is 1. The molecule has 0 N–H and O–H groups in total. The van der Waals surface area contributed by atoms with E-state index in [-0.39, 0.29) is 5.91 Å². The van der Waals surface area contributed by atoms with Crippen molar-refractivity contribution >= 4 is 17.5 Å². The molecule has 0 radical (unpaired) electrons. The van der Waals surface area contributed by atoms with E-state index in [1.54, 1.807) is 12.4 Å². The largest absolute Gasteiger partial charge is 0.341 e. The van der Waals surface area contributed by atoms with Gasteiger partial charge in [-0.25, -0.2) is 0 Å². The van der Waals surface area contributed by atoms with Gasteiger partial charge < -0.3 is 9.80 Å². The van der Waals surface area contributed by atoms with Crippen molar-refractivity contribution in [3.63, 3.8) is 0 Å². The van der Waals surface area contributed by atoms with E-state index in [2.05, 4.69) is 21.7 Å². The number of likely N-dealkylation sites (N-methyl/N-ethyl adjacent to an activating group) is 1. The van der Waals surface area contributed by atoms with E-state index in [1.807, 2.05) is 11.0 Å². The van der Waals surface area contributed by atoms with Crippen LogP contribution in [0.1, 0.15) is 18.9 Å². The van der Waals surface area contributed by atoms with Crippen molar-refractivity contribution < 1.29 is 4.79 Å². The molecule has 2 saturated heterocycles. The number of pyridine rings is 1. The minimum atomic E-state index is 0.174. The molecular formula is C17H25ClN4O. The normalized spacial score (nSPS) is 23.4. The monoisotopic (exact) mass is 336 g/mol. The van der Waals surface area contributed by atoms with Gasteiger partial charge in [0.1, 0.15) is 0 Å². The van der Waals surface area contributed by atoms with Gasteiger partial charge in [-0.2, -0.15) is 0 Å². The molecule has 0 saturated carbocycles. The van der Waals surface area contributed by atoms with E-state index in [4.69, 9.17) is 11.6 Å². The number of nitrogens with zero attached hydrogens (tertiary/aromatic N) is 4. The summed E-state index contributed by atoms with van der Waals surface area (Å²) in [6.07, 6.45) is 4.75. The highest BCUT2D eigenvalue weighted by atomic mass is 35.5. The van der Waals surface area contributed by atoms with E-state index in [1.165, 1.54) is 0 Å². The summed E-state index contributed by atoms with van der Waals surface area (Å²) in [7, 11) is 0. The third-order valence-corrected chi connectivity index (χ3v) is 5.43. The third kappa shape index (κ3) is 4.03. The van der Waals surface area contributed by atoms with Gasteiger partial charge >= 0.3 is 0 Å². The van der Waals surface area contributed by atoms with Crippen molar-refractivity contribution in [3.8, 4) is 0 Å². The zero-order valence-corrected chi connectivity index (χ0v) is 14.5. The number of halogens is 1. The molecule has 23 heavy (non-hydrogen) atoms. The van der Waals surface area contributed by atoms with Gasteiger partial charge in [0.25, 0.3) is 0 Å². The second kappa shape index (κ2) is 7.60. The number of carbonyl (C=O) groups excluding carboxylic acids is 1. The summed E-state index contributed by atoms with van der Waals surface area (Å²) in [5, 5.41) is 0.576. The Morgan fingerprint density at radius 2 is 2.09 bits per heavy atom. The number of carbonyl (C=O) groups is 1. The van der Waals surface area contributed by atoms with Crippen LogP contribution in [0.5, 0.6) is 0 Å². The maximum absolute atomic E-state index is 12.5. The Morgan fingerprint density at radius 1 is 1.30 bits per heavy atom. The lowest BCUT2D eigenvalue weighted by Gasteiger charge is -2.37. The maximum atomic E-state index is 12.5. The molecule has 0 bridgehead atoms. The molecule has 1 unspecified atom stereocenters. The van der Waals surface area contributed by atoms with Crippen LogP contribution in [0.15, 0.2) is 18.5 Å². The molecule has 1 aromatic rings. The van der Waals surface area contributed by atoms with E-state index in [0.717, 1.165) is 57.8 Å². The molecule has 6 heteroatoms. The second-order valence-electron chi connectivity index (χ2n) is 6.40. The van der Waals surface area contributed by atoms with E-state index in [9.17, 15) is 4.79 Å². The first-order chi connectivity index (χ1) is 11.2. The fourth-order valence-corrected chi connectivity index (χ4v) is 3.72. The Hall–Kier alpha value is -1.17. The highest BCUT2D eigenvalue weighted by Crippen LogP contribution is 2.20. The number of likely N-dealkylation sites (tertiary alicyclic amines) is 1. The molecule has 2 fully saturated rings. The van der Waals surface area contributed by atoms with Crippen LogP contribution in [-0.4, -0.2) is 77.4 Å². The van der Waals surface area contributed by atoms with Crippen LogP contribution in [0.25, 0.3) is 0 Å². The molecule has 0 aliphatic carbocycles. The summed E-state index contributed by atoms with van der Waals surface area (Å²) in [5.74, 6) is 0.174. The Bertz CT molecular complexity index is 545. The van der Waals surface area contributed by atoms with E-state index in [0.29, 0.717) is 17.5 Å². The quantitative estimate of drug-likeness (QED) is 0.835. The highest BCUT2D eigenvalue weighted by molar-refractivity contribution is 6.31. The Kier molecular flexibility index (Phi) is 5.51. The molecule has 3 heterocycles. The minimum absolute atomic E-state index is 0.174. The smallest absolute Gasteiger partial charge is 0.227 e. The minimum Gasteiger partial charge on any atom is -0.341 e. The summed E-state index contributed by atoms with van der Waals surface area (Å²) in [4.78, 5) is 23.5. The van der Waals surface area contributed by atoms with Gasteiger partial charge in [0.05, 0.1) is 11.4 Å². The van der Waals surface area contributed by atoms with Crippen LogP contribution in [-0.2, 0) is 11.2 Å². The zero-order chi connectivity index (χ0) is 16.2. The molecule has 5 nitrogen and oxygen atoms in total. The molecule has 2 aliphatic heterocycles. The van der Waals surface area contributed by atoms with Crippen molar-refractivity contribution in [1.82, 2.24) is 19.7 Å². The van der Waals surface area contributed by atoms with Crippen LogP contribution in [0, 0.1) is 0 Å². The van der Waals surface area contributed by atoms with Crippen molar-refractivity contribution in [3.05, 3.63) is 29.0 Å². The van der Waals surface area contributed by atoms with Crippen molar-refractivity contribution in [2.45, 2.75) is 25.8 Å². The Labute approximate surface area is 143 Å². The third-order valence-electron chi connectivity index (χ3n) is 5.08. The summed E-state index contributed by atoms with van der Waals surface area (Å²) in [5.41, 5.74) is 0.867. The lowest BCUT2D eigenvalue weighted by Crippen LogP contribution is -2.51. The number of hydrogen-bond donors (Lipinski definition) is 0. The van der Waals surface area contributed by atoms with Crippen LogP contribution in [0.2, 0.25) is 5.02 Å². The Balaban J connectivity index is 1.51. The summed E-state index contributed by atoms with van der Waals surface area (Å²) in [6, 6.07) is 2.35. The second-order valence-corrected chi connectivity index (χ2v) is 6.80. The highest BCUT2D eigenvalue weighted by Gasteiger charge is 2.31. The standard InChI is InChI=1S/C17H25ClN4O/c1-2-20-7-9-21(10-8-20)15-4-6-22(13-15)17(23)11-14-3-5-19-12-16(14)18/h3,5,12,15H,2,4,6-11,13H2,1H3. The fourth-order valence-electron chi connectivity index (χ4n) is 3.53. The molecule has 1 amide bonds. The van der Waals surface area contributed by atoms with Crippen molar-refractivity contribution in [1.29, 1.82) is 0 Å². The van der Waals surface area contributed by atoms with Crippen LogP contribution < -0.4 is 0 Å². The first kappa shape index (κ1) is 16.7. The molecule has 1 aromatic heterocycles. The molecular weight excluding hydrogens is 312 g/mol. The first-order valence-corrected chi connectivity index (χ1v) is 8.87. The molecule has 126 valence electrons. The summed E-state index contributed by atoms with van der Waals surface area (Å²) >= 11 is 6.11. The predicted molar refractivity (Wildman–Crippen MR) is 91.6 cm³/mol. The number of hydrogen-bond acceptors (Lipinski definition) is 4. The molecule has 0 aromatic carbocycles. The number of aromatic nitrogens is 1. The molecule has 2 aliphatic rings. The van der Waals surface area contributed by atoms with E-state index < -0.39 is 0 Å². The van der Waals surface area contributed by atoms with Crippen molar-refractivity contribution in [2.75, 3.05) is 45.8 Å². The molecule has 3 rings (SSSR count). The lowest BCUT2D eigenvalue weighted by atomic mass is 10.2.